The van der Waals surface area contributed by atoms with Crippen molar-refractivity contribution >= 4 is 0 Å². The molecule has 1 N–H and O–H groups in total. The van der Waals surface area contributed by atoms with Crippen molar-refractivity contribution in [3.05, 3.63) is 41.2 Å². The van der Waals surface area contributed by atoms with Gasteiger partial charge in [-0.25, -0.2) is 9.97 Å². The summed E-state index contributed by atoms with van der Waals surface area (Å²) in [6, 6.07) is 2.61. The zero-order valence-corrected chi connectivity index (χ0v) is 12.8. The molecule has 0 aromatic carbocycles. The molecule has 0 amide bonds. The zero-order chi connectivity index (χ0) is 14.7. The van der Waals surface area contributed by atoms with Crippen LogP contribution in [0.25, 0.3) is 0 Å². The van der Waals surface area contributed by atoms with Gasteiger partial charge >= 0.3 is 0 Å². The maximum Gasteiger partial charge on any atom is 0.115 e. The minimum Gasteiger partial charge on any atom is -0.312 e. The van der Waals surface area contributed by atoms with Crippen LogP contribution in [0.2, 0.25) is 0 Å². The highest BCUT2D eigenvalue weighted by atomic mass is 15.3. The van der Waals surface area contributed by atoms with Crippen molar-refractivity contribution in [2.24, 2.45) is 0 Å². The molecule has 0 bridgehead atoms. The summed E-state index contributed by atoms with van der Waals surface area (Å²) in [6.45, 7) is 6.30. The van der Waals surface area contributed by atoms with E-state index >= 15 is 0 Å². The van der Waals surface area contributed by atoms with Crippen molar-refractivity contribution < 1.29 is 0 Å². The van der Waals surface area contributed by atoms with Gasteiger partial charge in [-0.05, 0) is 18.9 Å². The fraction of sp³-hybridized carbons (Fsp3) is 0.562. The van der Waals surface area contributed by atoms with Crippen molar-refractivity contribution in [1.82, 2.24) is 25.1 Å². The Morgan fingerprint density at radius 3 is 2.95 bits per heavy atom. The van der Waals surface area contributed by atoms with Crippen LogP contribution >= 0.6 is 0 Å². The third-order valence-electron chi connectivity index (χ3n) is 4.29. The Balaban J connectivity index is 1.81. The second-order valence-corrected chi connectivity index (χ2v) is 5.61. The van der Waals surface area contributed by atoms with E-state index in [0.717, 1.165) is 50.2 Å². The average Bonchev–Trinajstić information content (AvgIpc) is 2.97. The SMILES string of the molecule is CCC(CC)n1ccc(Cc2ncnc3c2CNCC3)n1. The molecule has 5 nitrogen and oxygen atoms in total. The molecule has 0 radical (unpaired) electrons. The molecule has 5 heteroatoms. The Labute approximate surface area is 125 Å². The fourth-order valence-electron chi connectivity index (χ4n) is 2.99. The van der Waals surface area contributed by atoms with E-state index in [-0.39, 0.29) is 0 Å². The second kappa shape index (κ2) is 6.35. The third-order valence-corrected chi connectivity index (χ3v) is 4.29. The highest BCUT2D eigenvalue weighted by Gasteiger charge is 2.16. The van der Waals surface area contributed by atoms with E-state index in [4.69, 9.17) is 5.10 Å². The van der Waals surface area contributed by atoms with Crippen LogP contribution in [0.1, 0.15) is 55.4 Å². The molecule has 0 aliphatic carbocycles. The van der Waals surface area contributed by atoms with Crippen LogP contribution in [0.3, 0.4) is 0 Å². The Kier molecular flexibility index (Phi) is 4.29. The van der Waals surface area contributed by atoms with Crippen molar-refractivity contribution in [3.63, 3.8) is 0 Å². The molecular weight excluding hydrogens is 262 g/mol. The average molecular weight is 285 g/mol. The molecule has 0 spiro atoms. The number of fused-ring (bicyclic) bond motifs is 1. The monoisotopic (exact) mass is 285 g/mol. The molecule has 0 atom stereocenters. The van der Waals surface area contributed by atoms with Crippen LogP contribution in [0.15, 0.2) is 18.6 Å². The zero-order valence-electron chi connectivity index (χ0n) is 12.8. The molecule has 112 valence electrons. The standard InChI is InChI=1S/C16H23N5/c1-3-13(4-2)21-8-6-12(20-21)9-16-14-10-17-7-5-15(14)18-11-19-16/h6,8,11,13,17H,3-5,7,9-10H2,1-2H3. The van der Waals surface area contributed by atoms with E-state index in [2.05, 4.69) is 46.1 Å². The molecule has 1 aliphatic rings. The Morgan fingerprint density at radius 2 is 2.14 bits per heavy atom. The van der Waals surface area contributed by atoms with Crippen molar-refractivity contribution in [3.8, 4) is 0 Å². The normalized spacial score (nSPS) is 14.4. The van der Waals surface area contributed by atoms with E-state index in [9.17, 15) is 0 Å². The predicted molar refractivity (Wildman–Crippen MR) is 82.1 cm³/mol. The lowest BCUT2D eigenvalue weighted by Gasteiger charge is -2.18. The highest BCUT2D eigenvalue weighted by Crippen LogP contribution is 2.19. The maximum absolute atomic E-state index is 4.73. The Hall–Kier alpha value is -1.75. The van der Waals surface area contributed by atoms with Crippen molar-refractivity contribution in [1.29, 1.82) is 0 Å². The second-order valence-electron chi connectivity index (χ2n) is 5.61. The molecular formula is C16H23N5. The predicted octanol–water partition coefficient (Wildman–Crippen LogP) is 2.27. The highest BCUT2D eigenvalue weighted by molar-refractivity contribution is 5.29. The van der Waals surface area contributed by atoms with Crippen LogP contribution < -0.4 is 5.32 Å². The first-order valence-electron chi connectivity index (χ1n) is 7.88. The molecule has 3 heterocycles. The lowest BCUT2D eigenvalue weighted by Crippen LogP contribution is -2.26. The van der Waals surface area contributed by atoms with Crippen LogP contribution in [-0.4, -0.2) is 26.3 Å². The molecule has 1 aliphatic heterocycles. The lowest BCUT2D eigenvalue weighted by atomic mass is 10.0. The quantitative estimate of drug-likeness (QED) is 0.915. The van der Waals surface area contributed by atoms with Gasteiger partial charge in [0.2, 0.25) is 0 Å². The lowest BCUT2D eigenvalue weighted by molar-refractivity contribution is 0.426. The number of nitrogens with zero attached hydrogens (tertiary/aromatic N) is 4. The molecule has 2 aromatic heterocycles. The van der Waals surface area contributed by atoms with Gasteiger partial charge in [0.1, 0.15) is 6.33 Å². The first-order valence-corrected chi connectivity index (χ1v) is 7.88. The Bertz CT molecular complexity index is 600. The van der Waals surface area contributed by atoms with Crippen LogP contribution in [0, 0.1) is 0 Å². The molecule has 2 aromatic rings. The van der Waals surface area contributed by atoms with Crippen LogP contribution in [0.4, 0.5) is 0 Å². The number of nitrogens with one attached hydrogen (secondary N) is 1. The van der Waals surface area contributed by atoms with E-state index in [1.54, 1.807) is 6.33 Å². The third kappa shape index (κ3) is 2.97. The van der Waals surface area contributed by atoms with Gasteiger partial charge in [-0.1, -0.05) is 13.8 Å². The van der Waals surface area contributed by atoms with Crippen LogP contribution in [0.5, 0.6) is 0 Å². The Morgan fingerprint density at radius 1 is 1.29 bits per heavy atom. The topological polar surface area (TPSA) is 55.6 Å². The number of aromatic nitrogens is 4. The van der Waals surface area contributed by atoms with Crippen LogP contribution in [-0.2, 0) is 19.4 Å². The summed E-state index contributed by atoms with van der Waals surface area (Å²) in [5, 5.41) is 8.14. The summed E-state index contributed by atoms with van der Waals surface area (Å²) in [5.41, 5.74) is 4.66. The largest absolute Gasteiger partial charge is 0.312 e. The minimum atomic E-state index is 0.500. The van der Waals surface area contributed by atoms with Gasteiger partial charge < -0.3 is 5.32 Å². The van der Waals surface area contributed by atoms with Crippen molar-refractivity contribution in [2.45, 2.75) is 52.1 Å². The molecule has 21 heavy (non-hydrogen) atoms. The minimum absolute atomic E-state index is 0.500. The van der Waals surface area contributed by atoms with Crippen molar-refractivity contribution in [2.75, 3.05) is 6.54 Å². The summed E-state index contributed by atoms with van der Waals surface area (Å²) >= 11 is 0. The fourth-order valence-corrected chi connectivity index (χ4v) is 2.99. The molecule has 0 fully saturated rings. The summed E-state index contributed by atoms with van der Waals surface area (Å²) in [4.78, 5) is 8.89. The number of hydrogen-bond acceptors (Lipinski definition) is 4. The van der Waals surface area contributed by atoms with E-state index in [1.165, 1.54) is 11.3 Å². The van der Waals surface area contributed by atoms with Gasteiger partial charge in [-0.2, -0.15) is 5.10 Å². The molecule has 0 saturated heterocycles. The molecule has 0 unspecified atom stereocenters. The van der Waals surface area contributed by atoms with Gasteiger partial charge in [0.05, 0.1) is 17.4 Å². The maximum atomic E-state index is 4.73. The molecule has 3 rings (SSSR count). The smallest absolute Gasteiger partial charge is 0.115 e. The van der Waals surface area contributed by atoms with E-state index in [0.29, 0.717) is 6.04 Å². The first-order chi connectivity index (χ1) is 10.3. The van der Waals surface area contributed by atoms with Gasteiger partial charge in [0.15, 0.2) is 0 Å². The molecule has 0 saturated carbocycles. The summed E-state index contributed by atoms with van der Waals surface area (Å²) in [6.07, 6.45) is 7.80. The summed E-state index contributed by atoms with van der Waals surface area (Å²) in [7, 11) is 0. The van der Waals surface area contributed by atoms with E-state index in [1.807, 2.05) is 0 Å². The first kappa shape index (κ1) is 14.2. The van der Waals surface area contributed by atoms with Gasteiger partial charge in [0.25, 0.3) is 0 Å². The summed E-state index contributed by atoms with van der Waals surface area (Å²) in [5.74, 6) is 0. The number of rotatable bonds is 5. The van der Waals surface area contributed by atoms with E-state index < -0.39 is 0 Å². The van der Waals surface area contributed by atoms with Gasteiger partial charge in [-0.3, -0.25) is 4.68 Å². The van der Waals surface area contributed by atoms with Gasteiger partial charge in [0, 0.05) is 43.4 Å². The number of hydrogen-bond donors (Lipinski definition) is 1. The van der Waals surface area contributed by atoms with Gasteiger partial charge in [-0.15, -0.1) is 0 Å². The summed E-state index contributed by atoms with van der Waals surface area (Å²) < 4.78 is 2.10.